The Morgan fingerprint density at radius 2 is 2.21 bits per heavy atom. The number of hydrogen-bond acceptors (Lipinski definition) is 3. The Morgan fingerprint density at radius 3 is 2.84 bits per heavy atom. The summed E-state index contributed by atoms with van der Waals surface area (Å²) in [7, 11) is 0. The van der Waals surface area contributed by atoms with Crippen LogP contribution in [-0.4, -0.2) is 35.7 Å². The van der Waals surface area contributed by atoms with Crippen LogP contribution in [0.1, 0.15) is 18.4 Å². The Morgan fingerprint density at radius 1 is 1.47 bits per heavy atom. The van der Waals surface area contributed by atoms with Gasteiger partial charge in [-0.3, -0.25) is 4.79 Å². The average molecular weight is 346 g/mol. The molecule has 0 aromatic heterocycles. The smallest absolute Gasteiger partial charge is 0.220 e. The Balaban J connectivity index is 2.40. The lowest BCUT2D eigenvalue weighted by Gasteiger charge is -2.16. The van der Waals surface area contributed by atoms with Gasteiger partial charge in [0.2, 0.25) is 5.91 Å². The molecule has 2 N–H and O–H groups in total. The van der Waals surface area contributed by atoms with Gasteiger partial charge in [0, 0.05) is 29.3 Å². The number of carbonyl (C=O) groups excluding carboxylic acids is 1. The molecule has 0 heterocycles. The van der Waals surface area contributed by atoms with E-state index in [2.05, 4.69) is 21.2 Å². The normalized spacial score (nSPS) is 12.2. The molecular formula is C14H20BrNO2S. The van der Waals surface area contributed by atoms with E-state index in [1.54, 1.807) is 11.8 Å². The van der Waals surface area contributed by atoms with Crippen LogP contribution in [0, 0.1) is 0 Å². The van der Waals surface area contributed by atoms with Crippen molar-refractivity contribution >= 4 is 33.6 Å². The third kappa shape index (κ3) is 6.45. The van der Waals surface area contributed by atoms with Crippen LogP contribution in [-0.2, 0) is 11.2 Å². The number of aliphatic hydroxyl groups is 1. The SMILES string of the molecule is CSCC(CCO)NC(=O)CCc1ccccc1Br. The van der Waals surface area contributed by atoms with Crippen molar-refractivity contribution in [1.29, 1.82) is 0 Å². The fraction of sp³-hybridized carbons (Fsp3) is 0.500. The van der Waals surface area contributed by atoms with E-state index >= 15 is 0 Å². The van der Waals surface area contributed by atoms with Crippen molar-refractivity contribution < 1.29 is 9.90 Å². The molecule has 0 saturated heterocycles. The summed E-state index contributed by atoms with van der Waals surface area (Å²) in [5, 5.41) is 11.9. The average Bonchev–Trinajstić information content (AvgIpc) is 2.38. The van der Waals surface area contributed by atoms with Crippen molar-refractivity contribution in [3.05, 3.63) is 34.3 Å². The van der Waals surface area contributed by atoms with Crippen LogP contribution in [0.3, 0.4) is 0 Å². The van der Waals surface area contributed by atoms with Crippen LogP contribution in [0.25, 0.3) is 0 Å². The van der Waals surface area contributed by atoms with E-state index in [4.69, 9.17) is 5.11 Å². The standard InChI is InChI=1S/C14H20BrNO2S/c1-19-10-12(8-9-17)16-14(18)7-6-11-4-2-3-5-13(11)15/h2-5,12,17H,6-10H2,1H3,(H,16,18). The Kier molecular flexibility index (Phi) is 8.18. The molecule has 1 unspecified atom stereocenters. The molecule has 0 fully saturated rings. The number of nitrogens with one attached hydrogen (secondary N) is 1. The van der Waals surface area contributed by atoms with E-state index < -0.39 is 0 Å². The molecule has 106 valence electrons. The minimum Gasteiger partial charge on any atom is -0.396 e. The molecule has 0 aliphatic heterocycles. The van der Waals surface area contributed by atoms with Gasteiger partial charge in [0.25, 0.3) is 0 Å². The minimum atomic E-state index is 0.0447. The lowest BCUT2D eigenvalue weighted by molar-refractivity contribution is -0.121. The van der Waals surface area contributed by atoms with Crippen molar-refractivity contribution in [2.24, 2.45) is 0 Å². The molecule has 19 heavy (non-hydrogen) atoms. The first-order valence-electron chi connectivity index (χ1n) is 6.30. The second-order valence-corrected chi connectivity index (χ2v) is 6.09. The topological polar surface area (TPSA) is 49.3 Å². The largest absolute Gasteiger partial charge is 0.396 e. The highest BCUT2D eigenvalue weighted by Crippen LogP contribution is 2.17. The highest BCUT2D eigenvalue weighted by atomic mass is 79.9. The van der Waals surface area contributed by atoms with Gasteiger partial charge in [0.05, 0.1) is 0 Å². The van der Waals surface area contributed by atoms with Crippen molar-refractivity contribution in [3.8, 4) is 0 Å². The van der Waals surface area contributed by atoms with Crippen LogP contribution in [0.2, 0.25) is 0 Å². The van der Waals surface area contributed by atoms with Gasteiger partial charge >= 0.3 is 0 Å². The molecule has 1 aromatic rings. The molecule has 0 bridgehead atoms. The number of aryl methyl sites for hydroxylation is 1. The maximum atomic E-state index is 11.9. The van der Waals surface area contributed by atoms with Crippen LogP contribution in [0.5, 0.6) is 0 Å². The minimum absolute atomic E-state index is 0.0447. The van der Waals surface area contributed by atoms with Gasteiger partial charge < -0.3 is 10.4 Å². The van der Waals surface area contributed by atoms with E-state index in [1.807, 2.05) is 30.5 Å². The summed E-state index contributed by atoms with van der Waals surface area (Å²) >= 11 is 5.15. The van der Waals surface area contributed by atoms with Crippen LogP contribution >= 0.6 is 27.7 Å². The number of carbonyl (C=O) groups is 1. The van der Waals surface area contributed by atoms with E-state index in [0.717, 1.165) is 22.2 Å². The van der Waals surface area contributed by atoms with E-state index in [-0.39, 0.29) is 18.6 Å². The molecule has 0 aliphatic rings. The lowest BCUT2D eigenvalue weighted by atomic mass is 10.1. The Hall–Kier alpha value is -0.520. The number of hydrogen-bond donors (Lipinski definition) is 2. The number of rotatable bonds is 8. The maximum Gasteiger partial charge on any atom is 0.220 e. The Labute approximate surface area is 127 Å². The number of aliphatic hydroxyl groups excluding tert-OH is 1. The van der Waals surface area contributed by atoms with Crippen LogP contribution in [0.4, 0.5) is 0 Å². The zero-order chi connectivity index (χ0) is 14.1. The summed E-state index contributed by atoms with van der Waals surface area (Å²) in [4.78, 5) is 11.9. The zero-order valence-electron chi connectivity index (χ0n) is 11.1. The van der Waals surface area contributed by atoms with E-state index in [1.165, 1.54) is 0 Å². The zero-order valence-corrected chi connectivity index (χ0v) is 13.5. The first kappa shape index (κ1) is 16.5. The summed E-state index contributed by atoms with van der Waals surface area (Å²) in [6.45, 7) is 0.107. The molecule has 0 radical (unpaired) electrons. The number of benzene rings is 1. The monoisotopic (exact) mass is 345 g/mol. The number of halogens is 1. The summed E-state index contributed by atoms with van der Waals surface area (Å²) in [5.74, 6) is 0.879. The molecule has 5 heteroatoms. The molecule has 0 spiro atoms. The molecule has 1 amide bonds. The van der Waals surface area contributed by atoms with Crippen molar-refractivity contribution in [1.82, 2.24) is 5.32 Å². The number of thioether (sulfide) groups is 1. The van der Waals surface area contributed by atoms with Gasteiger partial charge in [-0.1, -0.05) is 34.1 Å². The molecule has 1 aromatic carbocycles. The first-order valence-corrected chi connectivity index (χ1v) is 8.48. The fourth-order valence-electron chi connectivity index (χ4n) is 1.80. The fourth-order valence-corrected chi connectivity index (χ4v) is 2.94. The highest BCUT2D eigenvalue weighted by Gasteiger charge is 2.11. The molecular weight excluding hydrogens is 326 g/mol. The summed E-state index contributed by atoms with van der Waals surface area (Å²) < 4.78 is 1.04. The third-order valence-corrected chi connectivity index (χ3v) is 4.30. The van der Waals surface area contributed by atoms with Gasteiger partial charge in [-0.15, -0.1) is 0 Å². The second-order valence-electron chi connectivity index (χ2n) is 4.32. The van der Waals surface area contributed by atoms with Gasteiger partial charge in [0.15, 0.2) is 0 Å². The quantitative estimate of drug-likeness (QED) is 0.761. The molecule has 1 atom stereocenters. The molecule has 0 aliphatic carbocycles. The summed E-state index contributed by atoms with van der Waals surface area (Å²) in [6, 6.07) is 8.00. The maximum absolute atomic E-state index is 11.9. The van der Waals surface area contributed by atoms with Gasteiger partial charge in [0.1, 0.15) is 0 Å². The van der Waals surface area contributed by atoms with E-state index in [0.29, 0.717) is 12.8 Å². The third-order valence-electron chi connectivity index (χ3n) is 2.79. The summed E-state index contributed by atoms with van der Waals surface area (Å²) in [6.07, 6.45) is 3.80. The predicted molar refractivity (Wildman–Crippen MR) is 84.5 cm³/mol. The van der Waals surface area contributed by atoms with Crippen molar-refractivity contribution in [2.45, 2.75) is 25.3 Å². The molecule has 3 nitrogen and oxygen atoms in total. The second kappa shape index (κ2) is 9.39. The van der Waals surface area contributed by atoms with Gasteiger partial charge in [-0.25, -0.2) is 0 Å². The molecule has 0 saturated carbocycles. The van der Waals surface area contributed by atoms with Crippen LogP contribution < -0.4 is 5.32 Å². The first-order chi connectivity index (χ1) is 9.17. The molecule has 1 rings (SSSR count). The Bertz CT molecular complexity index is 395. The predicted octanol–water partition coefficient (Wildman–Crippen LogP) is 2.61. The highest BCUT2D eigenvalue weighted by molar-refractivity contribution is 9.10. The number of amides is 1. The van der Waals surface area contributed by atoms with E-state index in [9.17, 15) is 4.79 Å². The van der Waals surface area contributed by atoms with Gasteiger partial charge in [-0.2, -0.15) is 11.8 Å². The van der Waals surface area contributed by atoms with Crippen molar-refractivity contribution in [3.63, 3.8) is 0 Å². The van der Waals surface area contributed by atoms with Crippen LogP contribution in [0.15, 0.2) is 28.7 Å². The summed E-state index contributed by atoms with van der Waals surface area (Å²) in [5.41, 5.74) is 1.14. The lowest BCUT2D eigenvalue weighted by Crippen LogP contribution is -2.37. The van der Waals surface area contributed by atoms with Gasteiger partial charge in [-0.05, 0) is 30.7 Å². The van der Waals surface area contributed by atoms with Crippen molar-refractivity contribution in [2.75, 3.05) is 18.6 Å².